The van der Waals surface area contributed by atoms with Crippen molar-refractivity contribution in [3.8, 4) is 16.9 Å². The molecule has 0 saturated carbocycles. The van der Waals surface area contributed by atoms with Crippen molar-refractivity contribution in [2.45, 2.75) is 60.5 Å². The van der Waals surface area contributed by atoms with E-state index in [4.69, 9.17) is 9.47 Å². The van der Waals surface area contributed by atoms with Gasteiger partial charge in [0.05, 0.1) is 16.8 Å². The average molecular weight is 468 g/mol. The van der Waals surface area contributed by atoms with Crippen LogP contribution in [0.1, 0.15) is 53.7 Å². The molecule has 3 aromatic rings. The number of pyridine rings is 1. The fourth-order valence-electron chi connectivity index (χ4n) is 3.80. The summed E-state index contributed by atoms with van der Waals surface area (Å²) in [7, 11) is 0. The van der Waals surface area contributed by atoms with Crippen LogP contribution < -0.4 is 4.74 Å². The van der Waals surface area contributed by atoms with Gasteiger partial charge in [0.1, 0.15) is 16.9 Å². The van der Waals surface area contributed by atoms with Crippen LogP contribution >= 0.6 is 11.3 Å². The molecule has 1 atom stereocenters. The summed E-state index contributed by atoms with van der Waals surface area (Å²) in [6, 6.07) is 8.11. The summed E-state index contributed by atoms with van der Waals surface area (Å²) in [5.41, 5.74) is 4.85. The normalized spacial score (nSPS) is 14.1. The van der Waals surface area contributed by atoms with E-state index in [2.05, 4.69) is 40.9 Å². The maximum absolute atomic E-state index is 12.1. The highest BCUT2D eigenvalue weighted by molar-refractivity contribution is 7.17. The first kappa shape index (κ1) is 24.8. The van der Waals surface area contributed by atoms with Gasteiger partial charge in [0, 0.05) is 29.1 Å². The van der Waals surface area contributed by atoms with Gasteiger partial charge in [0.25, 0.3) is 0 Å². The quantitative estimate of drug-likeness (QED) is 0.346. The Labute approximate surface area is 200 Å². The fourth-order valence-corrected chi connectivity index (χ4v) is 4.65. The number of aliphatic imine (C=N–C) groups is 1. The van der Waals surface area contributed by atoms with Crippen LogP contribution in [0.15, 0.2) is 41.0 Å². The smallest absolute Gasteiger partial charge is 0.433 e. The number of carbonyl (C=O) groups is 1. The molecule has 0 aliphatic heterocycles. The van der Waals surface area contributed by atoms with Crippen LogP contribution in [0.25, 0.3) is 21.3 Å². The van der Waals surface area contributed by atoms with E-state index in [9.17, 15) is 4.79 Å². The Morgan fingerprint density at radius 3 is 2.61 bits per heavy atom. The van der Waals surface area contributed by atoms with E-state index in [1.54, 1.807) is 17.6 Å². The molecule has 0 aliphatic rings. The minimum atomic E-state index is -0.587. The molecule has 0 fully saturated rings. The number of thiazole rings is 1. The molecule has 1 amide bonds. The van der Waals surface area contributed by atoms with E-state index >= 15 is 0 Å². The summed E-state index contributed by atoms with van der Waals surface area (Å²) in [6.45, 7) is 14.2. The van der Waals surface area contributed by atoms with Gasteiger partial charge in [-0.15, -0.1) is 11.3 Å². The lowest BCUT2D eigenvalue weighted by Gasteiger charge is -2.27. The highest BCUT2D eigenvalue weighted by atomic mass is 32.1. The van der Waals surface area contributed by atoms with Gasteiger partial charge in [-0.25, -0.2) is 9.78 Å². The number of rotatable bonds is 7. The van der Waals surface area contributed by atoms with E-state index < -0.39 is 17.1 Å². The molecular weight excluding hydrogens is 434 g/mol. The van der Waals surface area contributed by atoms with Gasteiger partial charge >= 0.3 is 6.09 Å². The molecule has 0 N–H and O–H groups in total. The van der Waals surface area contributed by atoms with E-state index in [-0.39, 0.29) is 0 Å². The number of amides is 1. The number of nitrogens with zero attached hydrogens (tertiary/aromatic N) is 3. The molecular formula is C26H33N3O3S. The zero-order valence-corrected chi connectivity index (χ0v) is 21.3. The minimum absolute atomic E-state index is 0.373. The second kappa shape index (κ2) is 10.00. The number of fused-ring (bicyclic) bond motifs is 1. The van der Waals surface area contributed by atoms with Crippen LogP contribution in [0.2, 0.25) is 0 Å². The second-order valence-corrected chi connectivity index (χ2v) is 11.0. The number of ether oxygens (including phenoxy) is 2. The van der Waals surface area contributed by atoms with E-state index in [0.29, 0.717) is 12.5 Å². The molecule has 7 heteroatoms. The van der Waals surface area contributed by atoms with Crippen LogP contribution in [0.5, 0.6) is 5.75 Å². The summed E-state index contributed by atoms with van der Waals surface area (Å²) in [5, 5.41) is 0. The lowest BCUT2D eigenvalue weighted by molar-refractivity contribution is 0.0602. The van der Waals surface area contributed by atoms with Gasteiger partial charge in [0.15, 0.2) is 0 Å². The third-order valence-electron chi connectivity index (χ3n) is 4.96. The number of benzene rings is 1. The van der Waals surface area contributed by atoms with Crippen LogP contribution in [0.4, 0.5) is 4.79 Å². The number of aromatic nitrogens is 2. The van der Waals surface area contributed by atoms with Crippen molar-refractivity contribution < 1.29 is 14.3 Å². The summed E-state index contributed by atoms with van der Waals surface area (Å²) < 4.78 is 12.7. The van der Waals surface area contributed by atoms with Crippen molar-refractivity contribution in [1.82, 2.24) is 9.97 Å². The highest BCUT2D eigenvalue weighted by Gasteiger charge is 2.27. The Kier molecular flexibility index (Phi) is 7.52. The van der Waals surface area contributed by atoms with Crippen LogP contribution in [-0.4, -0.2) is 34.5 Å². The Morgan fingerprint density at radius 1 is 1.18 bits per heavy atom. The standard InChI is InChI=1S/C26H33N3O3S/c1-17(2)13-26(7,14-28-24(30)32-25(4,5)6)15-31-21-9-8-20(23-22(21)29-16-33-23)19-10-11-27-18(3)12-19/h8-12,14,16-17H,13,15H2,1-7H3/t26-/m1/s1. The van der Waals surface area contributed by atoms with Crippen LogP contribution in [0.3, 0.4) is 0 Å². The summed E-state index contributed by atoms with van der Waals surface area (Å²) in [5.74, 6) is 1.13. The maximum atomic E-state index is 12.1. The maximum Gasteiger partial charge on any atom is 0.433 e. The lowest BCUT2D eigenvalue weighted by Crippen LogP contribution is -2.30. The molecule has 0 radical (unpaired) electrons. The first-order valence-electron chi connectivity index (χ1n) is 11.2. The average Bonchev–Trinajstić information content (AvgIpc) is 3.19. The predicted octanol–water partition coefficient (Wildman–Crippen LogP) is 7.10. The lowest BCUT2D eigenvalue weighted by atomic mass is 9.84. The van der Waals surface area contributed by atoms with Crippen molar-refractivity contribution in [3.63, 3.8) is 0 Å². The van der Waals surface area contributed by atoms with Crippen LogP contribution in [-0.2, 0) is 4.74 Å². The third-order valence-corrected chi connectivity index (χ3v) is 5.82. The molecule has 0 saturated heterocycles. The van der Waals surface area contributed by atoms with Crippen molar-refractivity contribution in [3.05, 3.63) is 41.7 Å². The molecule has 33 heavy (non-hydrogen) atoms. The molecule has 3 rings (SSSR count). The summed E-state index contributed by atoms with van der Waals surface area (Å²) in [4.78, 5) is 25.1. The molecule has 0 aliphatic carbocycles. The van der Waals surface area contributed by atoms with Gasteiger partial charge < -0.3 is 9.47 Å². The molecule has 0 bridgehead atoms. The predicted molar refractivity (Wildman–Crippen MR) is 135 cm³/mol. The number of aryl methyl sites for hydroxylation is 1. The molecule has 0 unspecified atom stereocenters. The molecule has 6 nitrogen and oxygen atoms in total. The van der Waals surface area contributed by atoms with Gasteiger partial charge in [-0.3, -0.25) is 4.98 Å². The first-order valence-corrected chi connectivity index (χ1v) is 12.0. The fraction of sp³-hybridized carbons (Fsp3) is 0.462. The topological polar surface area (TPSA) is 73.7 Å². The largest absolute Gasteiger partial charge is 0.490 e. The second-order valence-electron chi connectivity index (χ2n) is 10.1. The first-order chi connectivity index (χ1) is 15.5. The Balaban J connectivity index is 1.84. The minimum Gasteiger partial charge on any atom is -0.490 e. The Hall–Kier alpha value is -2.80. The zero-order chi connectivity index (χ0) is 24.2. The van der Waals surface area contributed by atoms with Crippen molar-refractivity contribution in [2.75, 3.05) is 6.61 Å². The van der Waals surface area contributed by atoms with E-state index in [1.807, 2.05) is 58.5 Å². The molecule has 0 spiro atoms. The summed E-state index contributed by atoms with van der Waals surface area (Å²) >= 11 is 1.59. The molecule has 2 heterocycles. The zero-order valence-electron chi connectivity index (χ0n) is 20.5. The Morgan fingerprint density at radius 2 is 1.94 bits per heavy atom. The molecule has 1 aromatic carbocycles. The number of hydrogen-bond donors (Lipinski definition) is 0. The van der Waals surface area contributed by atoms with Crippen molar-refractivity contribution in [1.29, 1.82) is 0 Å². The van der Waals surface area contributed by atoms with Gasteiger partial charge in [-0.2, -0.15) is 4.99 Å². The Bertz CT molecular complexity index is 1150. The molecule has 2 aromatic heterocycles. The highest BCUT2D eigenvalue weighted by Crippen LogP contribution is 2.37. The van der Waals surface area contributed by atoms with Gasteiger partial charge in [-0.05, 0) is 69.9 Å². The number of carbonyl (C=O) groups excluding carboxylic acids is 1. The monoisotopic (exact) mass is 467 g/mol. The van der Waals surface area contributed by atoms with Crippen LogP contribution in [0, 0.1) is 18.3 Å². The van der Waals surface area contributed by atoms with Crippen molar-refractivity contribution in [2.24, 2.45) is 16.3 Å². The van der Waals surface area contributed by atoms with Gasteiger partial charge in [-0.1, -0.05) is 20.8 Å². The van der Waals surface area contributed by atoms with Gasteiger partial charge in [0.2, 0.25) is 0 Å². The van der Waals surface area contributed by atoms with E-state index in [0.717, 1.165) is 39.2 Å². The van der Waals surface area contributed by atoms with Crippen molar-refractivity contribution >= 4 is 33.9 Å². The van der Waals surface area contributed by atoms with E-state index in [1.165, 1.54) is 0 Å². The SMILES string of the molecule is Cc1cc(-c2ccc(OC[C@@](C)(C=NC(=O)OC(C)(C)C)CC(C)C)c3ncsc23)ccn1. The number of hydrogen-bond acceptors (Lipinski definition) is 6. The summed E-state index contributed by atoms with van der Waals surface area (Å²) in [6.07, 6.45) is 3.72. The third kappa shape index (κ3) is 6.84. The molecule has 176 valence electrons.